The third kappa shape index (κ3) is 3.80. The summed E-state index contributed by atoms with van der Waals surface area (Å²) in [5.74, 6) is -0.455. The quantitative estimate of drug-likeness (QED) is 0.855. The molecule has 0 saturated heterocycles. The number of ether oxygens (including phenoxy) is 1. The minimum Gasteiger partial charge on any atom is -0.406 e. The molecule has 0 fully saturated rings. The number of alkyl halides is 3. The molecule has 0 heterocycles. The largest absolute Gasteiger partial charge is 0.573 e. The van der Waals surface area contributed by atoms with Crippen molar-refractivity contribution in [2.75, 3.05) is 0 Å². The van der Waals surface area contributed by atoms with Crippen molar-refractivity contribution in [1.29, 1.82) is 0 Å². The molecule has 0 aliphatic heterocycles. The zero-order chi connectivity index (χ0) is 11.6. The van der Waals surface area contributed by atoms with E-state index in [1.807, 2.05) is 0 Å². The highest BCUT2D eigenvalue weighted by atomic mass is 79.9. The predicted molar refractivity (Wildman–Crippen MR) is 49.9 cm³/mol. The summed E-state index contributed by atoms with van der Waals surface area (Å²) in [5, 5.41) is 0. The molecule has 0 bridgehead atoms. The molecule has 0 saturated carbocycles. The van der Waals surface area contributed by atoms with Crippen LogP contribution in [0.1, 0.15) is 0 Å². The molecule has 0 aliphatic rings. The molecule has 1 aromatic carbocycles. The number of hydrogen-bond donors (Lipinski definition) is 1. The van der Waals surface area contributed by atoms with Crippen LogP contribution in [-0.2, 0) is 11.1 Å². The molecule has 1 N–H and O–H groups in total. The lowest BCUT2D eigenvalue weighted by Gasteiger charge is -2.09. The van der Waals surface area contributed by atoms with Gasteiger partial charge in [-0.15, -0.1) is 13.2 Å². The lowest BCUT2D eigenvalue weighted by molar-refractivity contribution is -0.274. The highest BCUT2D eigenvalue weighted by molar-refractivity contribution is 9.10. The maximum atomic E-state index is 11.8. The van der Waals surface area contributed by atoms with E-state index in [2.05, 4.69) is 20.7 Å². The summed E-state index contributed by atoms with van der Waals surface area (Å²) < 4.78 is 58.4. The van der Waals surface area contributed by atoms with Gasteiger partial charge in [0.25, 0.3) is 0 Å². The molecule has 0 radical (unpaired) electrons. The zero-order valence-corrected chi connectivity index (χ0v) is 9.32. The second-order valence-corrected chi connectivity index (χ2v) is 4.18. The van der Waals surface area contributed by atoms with E-state index in [0.29, 0.717) is 0 Å². The smallest absolute Gasteiger partial charge is 0.406 e. The number of rotatable bonds is 2. The standard InChI is InChI=1S/C7H4BrF3O3S/c8-5-3-4(14-7(9,10)11)1-2-6(5)15(12)13/h1-3H,(H,12,13). The zero-order valence-electron chi connectivity index (χ0n) is 6.92. The SMILES string of the molecule is O=S(O)c1ccc(OC(F)(F)F)cc1Br. The fourth-order valence-electron chi connectivity index (χ4n) is 0.820. The van der Waals surface area contributed by atoms with E-state index in [1.54, 1.807) is 0 Å². The number of benzene rings is 1. The van der Waals surface area contributed by atoms with E-state index in [9.17, 15) is 17.4 Å². The Labute approximate surface area is 93.7 Å². The molecule has 0 spiro atoms. The van der Waals surface area contributed by atoms with E-state index in [-0.39, 0.29) is 9.37 Å². The lowest BCUT2D eigenvalue weighted by Crippen LogP contribution is -2.17. The van der Waals surface area contributed by atoms with Gasteiger partial charge in [0.15, 0.2) is 11.1 Å². The van der Waals surface area contributed by atoms with Crippen LogP contribution in [0.15, 0.2) is 27.6 Å². The van der Waals surface area contributed by atoms with Crippen molar-refractivity contribution >= 4 is 27.0 Å². The average Bonchev–Trinajstić information content (AvgIpc) is 1.99. The minimum absolute atomic E-state index is 0.0236. The van der Waals surface area contributed by atoms with E-state index in [4.69, 9.17) is 4.55 Å². The van der Waals surface area contributed by atoms with Crippen LogP contribution in [0.2, 0.25) is 0 Å². The van der Waals surface area contributed by atoms with Gasteiger partial charge in [0.05, 0.1) is 4.90 Å². The van der Waals surface area contributed by atoms with E-state index >= 15 is 0 Å². The third-order valence-electron chi connectivity index (χ3n) is 1.33. The monoisotopic (exact) mass is 304 g/mol. The van der Waals surface area contributed by atoms with Crippen LogP contribution in [0.5, 0.6) is 5.75 Å². The molecule has 1 atom stereocenters. The third-order valence-corrected chi connectivity index (χ3v) is 2.98. The van der Waals surface area contributed by atoms with Gasteiger partial charge in [0.2, 0.25) is 0 Å². The van der Waals surface area contributed by atoms with Gasteiger partial charge >= 0.3 is 6.36 Å². The molecular weight excluding hydrogens is 301 g/mol. The first-order valence-corrected chi connectivity index (χ1v) is 5.36. The summed E-state index contributed by atoms with van der Waals surface area (Å²) in [4.78, 5) is -0.0236. The van der Waals surface area contributed by atoms with Crippen LogP contribution in [0.3, 0.4) is 0 Å². The Morgan fingerprint density at radius 3 is 2.40 bits per heavy atom. The predicted octanol–water partition coefficient (Wildman–Crippen LogP) is 2.93. The van der Waals surface area contributed by atoms with Gasteiger partial charge in [0, 0.05) is 4.47 Å². The van der Waals surface area contributed by atoms with Crippen LogP contribution >= 0.6 is 15.9 Å². The van der Waals surface area contributed by atoms with Crippen molar-refractivity contribution < 1.29 is 26.7 Å². The Balaban J connectivity index is 2.97. The summed E-state index contributed by atoms with van der Waals surface area (Å²) in [6, 6.07) is 3.00. The first kappa shape index (κ1) is 12.5. The van der Waals surface area contributed by atoms with Gasteiger partial charge in [-0.25, -0.2) is 4.21 Å². The Morgan fingerprint density at radius 1 is 1.40 bits per heavy atom. The lowest BCUT2D eigenvalue weighted by atomic mass is 10.3. The summed E-state index contributed by atoms with van der Waals surface area (Å²) in [5.41, 5.74) is 0. The summed E-state index contributed by atoms with van der Waals surface area (Å²) in [6.07, 6.45) is -4.78. The van der Waals surface area contributed by atoms with E-state index in [1.165, 1.54) is 0 Å². The van der Waals surface area contributed by atoms with Crippen LogP contribution < -0.4 is 4.74 Å². The molecule has 0 aromatic heterocycles. The van der Waals surface area contributed by atoms with Gasteiger partial charge in [0.1, 0.15) is 5.75 Å². The molecule has 1 aromatic rings. The normalized spacial score (nSPS) is 13.7. The van der Waals surface area contributed by atoms with Gasteiger partial charge in [-0.05, 0) is 34.1 Å². The fraction of sp³-hybridized carbons (Fsp3) is 0.143. The summed E-state index contributed by atoms with van der Waals surface area (Å²) >= 11 is 0.599. The van der Waals surface area contributed by atoms with Crippen molar-refractivity contribution in [3.05, 3.63) is 22.7 Å². The van der Waals surface area contributed by atoms with Crippen molar-refractivity contribution in [3.8, 4) is 5.75 Å². The van der Waals surface area contributed by atoms with Crippen LogP contribution in [0.4, 0.5) is 13.2 Å². The Hall–Kier alpha value is -0.600. The second-order valence-electron chi connectivity index (χ2n) is 2.39. The van der Waals surface area contributed by atoms with Gasteiger partial charge < -0.3 is 9.29 Å². The first-order valence-electron chi connectivity index (χ1n) is 3.46. The van der Waals surface area contributed by atoms with Gasteiger partial charge in [-0.1, -0.05) is 0 Å². The molecule has 84 valence electrons. The van der Waals surface area contributed by atoms with Crippen LogP contribution in [0.25, 0.3) is 0 Å². The topological polar surface area (TPSA) is 46.5 Å². The van der Waals surface area contributed by atoms with Crippen molar-refractivity contribution in [3.63, 3.8) is 0 Å². The average molecular weight is 305 g/mol. The van der Waals surface area contributed by atoms with Crippen molar-refractivity contribution in [2.45, 2.75) is 11.3 Å². The highest BCUT2D eigenvalue weighted by Gasteiger charge is 2.31. The molecule has 0 aliphatic carbocycles. The molecule has 15 heavy (non-hydrogen) atoms. The van der Waals surface area contributed by atoms with Crippen LogP contribution in [0, 0.1) is 0 Å². The molecular formula is C7H4BrF3O3S. The Kier molecular flexibility index (Phi) is 3.74. The summed E-state index contributed by atoms with van der Waals surface area (Å²) in [7, 11) is 0. The Morgan fingerprint density at radius 2 is 2.00 bits per heavy atom. The first-order chi connectivity index (χ1) is 6.79. The summed E-state index contributed by atoms with van der Waals surface area (Å²) in [6.45, 7) is 0. The molecule has 1 rings (SSSR count). The molecule has 1 unspecified atom stereocenters. The highest BCUT2D eigenvalue weighted by Crippen LogP contribution is 2.28. The minimum atomic E-state index is -4.78. The molecule has 0 amide bonds. The Bertz CT molecular complexity index is 394. The second kappa shape index (κ2) is 4.50. The van der Waals surface area contributed by atoms with Gasteiger partial charge in [-0.2, -0.15) is 0 Å². The molecule has 3 nitrogen and oxygen atoms in total. The maximum absolute atomic E-state index is 11.8. The van der Waals surface area contributed by atoms with Crippen molar-refractivity contribution in [2.24, 2.45) is 0 Å². The van der Waals surface area contributed by atoms with E-state index < -0.39 is 23.2 Å². The number of halogens is 4. The molecule has 8 heteroatoms. The maximum Gasteiger partial charge on any atom is 0.573 e. The fourth-order valence-corrected chi connectivity index (χ4v) is 2.00. The van der Waals surface area contributed by atoms with E-state index in [0.717, 1.165) is 18.2 Å². The van der Waals surface area contributed by atoms with Crippen molar-refractivity contribution in [1.82, 2.24) is 0 Å². The number of hydrogen-bond acceptors (Lipinski definition) is 2. The van der Waals surface area contributed by atoms with Gasteiger partial charge in [-0.3, -0.25) is 0 Å². The van der Waals surface area contributed by atoms with Crippen LogP contribution in [-0.4, -0.2) is 15.1 Å².